The van der Waals surface area contributed by atoms with E-state index in [0.717, 1.165) is 9.30 Å². The predicted molar refractivity (Wildman–Crippen MR) is 67.5 cm³/mol. The zero-order valence-corrected chi connectivity index (χ0v) is 10.5. The molecule has 0 saturated carbocycles. The zero-order valence-electron chi connectivity index (χ0n) is 6.75. The number of Topliss-reactive ketones (excluding diaryl/α,β-unsaturated/α-hetero) is 1. The van der Waals surface area contributed by atoms with Gasteiger partial charge >= 0.3 is 0 Å². The molecular formula is C9H7IOS2. The van der Waals surface area contributed by atoms with Gasteiger partial charge in [0.25, 0.3) is 0 Å². The molecule has 2 aromatic rings. The number of rotatable bonds is 3. The molecule has 0 saturated heterocycles. The number of carbonyl (C=O) groups excluding carboxylic acids is 1. The lowest BCUT2D eigenvalue weighted by Crippen LogP contribution is -1.95. The highest BCUT2D eigenvalue weighted by Gasteiger charge is 2.09. The van der Waals surface area contributed by atoms with Crippen molar-refractivity contribution in [2.75, 3.05) is 4.43 Å². The Morgan fingerprint density at radius 3 is 3.00 bits per heavy atom. The average molecular weight is 322 g/mol. The molecular weight excluding hydrogens is 315 g/mol. The smallest absolute Gasteiger partial charge is 0.173 e. The molecule has 0 atom stereocenters. The summed E-state index contributed by atoms with van der Waals surface area (Å²) in [6.45, 7) is 0. The van der Waals surface area contributed by atoms with Crippen LogP contribution in [0.2, 0.25) is 0 Å². The number of ketones is 1. The Hall–Kier alpha value is 0.0600. The van der Waals surface area contributed by atoms with Crippen LogP contribution in [0.15, 0.2) is 17.5 Å². The summed E-state index contributed by atoms with van der Waals surface area (Å²) < 4.78 is 3.38. The van der Waals surface area contributed by atoms with Crippen LogP contribution in [0.25, 0.3) is 9.40 Å². The topological polar surface area (TPSA) is 17.1 Å². The van der Waals surface area contributed by atoms with Crippen molar-refractivity contribution in [3.05, 3.63) is 22.4 Å². The molecule has 0 N–H and O–H groups in total. The van der Waals surface area contributed by atoms with Gasteiger partial charge in [-0.05, 0) is 17.5 Å². The van der Waals surface area contributed by atoms with E-state index in [1.54, 1.807) is 22.7 Å². The SMILES string of the molecule is O=C(CCI)c1cc2sccc2s1. The molecule has 68 valence electrons. The van der Waals surface area contributed by atoms with E-state index >= 15 is 0 Å². The Morgan fingerprint density at radius 1 is 1.46 bits per heavy atom. The van der Waals surface area contributed by atoms with Crippen LogP contribution in [0.1, 0.15) is 16.1 Å². The third-order valence-corrected chi connectivity index (χ3v) is 4.41. The van der Waals surface area contributed by atoms with Gasteiger partial charge in [-0.25, -0.2) is 0 Å². The van der Waals surface area contributed by atoms with Crippen molar-refractivity contribution >= 4 is 60.4 Å². The predicted octanol–water partition coefficient (Wildman–Crippen LogP) is 3.97. The van der Waals surface area contributed by atoms with Crippen molar-refractivity contribution in [2.45, 2.75) is 6.42 Å². The van der Waals surface area contributed by atoms with Gasteiger partial charge in [0.2, 0.25) is 0 Å². The van der Waals surface area contributed by atoms with E-state index < -0.39 is 0 Å². The second-order valence-corrected chi connectivity index (χ2v) is 5.73. The number of hydrogen-bond acceptors (Lipinski definition) is 3. The molecule has 0 aliphatic rings. The molecule has 2 rings (SSSR count). The van der Waals surface area contributed by atoms with Crippen molar-refractivity contribution in [3.63, 3.8) is 0 Å². The maximum absolute atomic E-state index is 11.5. The lowest BCUT2D eigenvalue weighted by Gasteiger charge is -1.90. The molecule has 13 heavy (non-hydrogen) atoms. The molecule has 0 aliphatic heterocycles. The van der Waals surface area contributed by atoms with Crippen molar-refractivity contribution in [1.82, 2.24) is 0 Å². The summed E-state index contributed by atoms with van der Waals surface area (Å²) in [4.78, 5) is 12.4. The van der Waals surface area contributed by atoms with E-state index in [4.69, 9.17) is 0 Å². The number of hydrogen-bond donors (Lipinski definition) is 0. The molecule has 0 spiro atoms. The van der Waals surface area contributed by atoms with E-state index in [-0.39, 0.29) is 5.78 Å². The monoisotopic (exact) mass is 322 g/mol. The van der Waals surface area contributed by atoms with Gasteiger partial charge in [-0.2, -0.15) is 0 Å². The van der Waals surface area contributed by atoms with Gasteiger partial charge in [0.1, 0.15) is 0 Å². The van der Waals surface area contributed by atoms with Crippen LogP contribution >= 0.6 is 45.3 Å². The number of fused-ring (bicyclic) bond motifs is 1. The minimum atomic E-state index is 0.280. The lowest BCUT2D eigenvalue weighted by atomic mass is 10.3. The van der Waals surface area contributed by atoms with Gasteiger partial charge in [0.05, 0.1) is 4.88 Å². The number of carbonyl (C=O) groups is 1. The normalized spacial score (nSPS) is 10.8. The van der Waals surface area contributed by atoms with E-state index in [1.165, 1.54) is 9.40 Å². The fourth-order valence-corrected chi connectivity index (χ4v) is 3.68. The van der Waals surface area contributed by atoms with E-state index in [1.807, 2.05) is 6.07 Å². The third kappa shape index (κ3) is 1.94. The van der Waals surface area contributed by atoms with Crippen LogP contribution < -0.4 is 0 Å². The lowest BCUT2D eigenvalue weighted by molar-refractivity contribution is 0.0994. The fraction of sp³-hybridized carbons (Fsp3) is 0.222. The Bertz CT molecular complexity index is 401. The molecule has 0 aromatic carbocycles. The number of alkyl halides is 1. The van der Waals surface area contributed by atoms with Gasteiger partial charge in [-0.1, -0.05) is 22.6 Å². The van der Waals surface area contributed by atoms with E-state index in [2.05, 4.69) is 34.0 Å². The van der Waals surface area contributed by atoms with Crippen LogP contribution in [0, 0.1) is 0 Å². The number of thiophene rings is 2. The van der Waals surface area contributed by atoms with E-state index in [0.29, 0.717) is 6.42 Å². The largest absolute Gasteiger partial charge is 0.293 e. The molecule has 0 fully saturated rings. The summed E-state index contributed by atoms with van der Waals surface area (Å²) in [6, 6.07) is 4.09. The molecule has 0 aliphatic carbocycles. The quantitative estimate of drug-likeness (QED) is 0.475. The molecule has 2 aromatic heterocycles. The Labute approximate surface area is 97.9 Å². The average Bonchev–Trinajstić information content (AvgIpc) is 2.61. The Morgan fingerprint density at radius 2 is 2.31 bits per heavy atom. The molecule has 2 heterocycles. The molecule has 0 radical (unpaired) electrons. The summed E-state index contributed by atoms with van der Waals surface area (Å²) >= 11 is 5.54. The van der Waals surface area contributed by atoms with Crippen LogP contribution in [-0.4, -0.2) is 10.2 Å². The molecule has 0 unspecified atom stereocenters. The van der Waals surface area contributed by atoms with Crippen molar-refractivity contribution < 1.29 is 4.79 Å². The molecule has 4 heteroatoms. The highest BCUT2D eigenvalue weighted by molar-refractivity contribution is 14.1. The van der Waals surface area contributed by atoms with Crippen LogP contribution in [-0.2, 0) is 0 Å². The Balaban J connectivity index is 2.34. The van der Waals surface area contributed by atoms with Gasteiger partial charge in [0, 0.05) is 20.2 Å². The fourth-order valence-electron chi connectivity index (χ4n) is 1.11. The second-order valence-electron chi connectivity index (χ2n) is 2.62. The first-order valence-corrected chi connectivity index (χ1v) is 7.09. The van der Waals surface area contributed by atoms with Crippen LogP contribution in [0.4, 0.5) is 0 Å². The minimum Gasteiger partial charge on any atom is -0.293 e. The molecule has 0 amide bonds. The minimum absolute atomic E-state index is 0.280. The summed E-state index contributed by atoms with van der Waals surface area (Å²) in [5.74, 6) is 0.280. The summed E-state index contributed by atoms with van der Waals surface area (Å²) in [6.07, 6.45) is 0.661. The standard InChI is InChI=1S/C9H7IOS2/c10-3-1-6(11)8-5-9-7(13-8)2-4-12-9/h2,4-5H,1,3H2. The van der Waals surface area contributed by atoms with Crippen LogP contribution in [0.5, 0.6) is 0 Å². The van der Waals surface area contributed by atoms with Gasteiger partial charge in [0.15, 0.2) is 5.78 Å². The Kier molecular flexibility index (Phi) is 3.00. The maximum Gasteiger partial charge on any atom is 0.173 e. The first-order valence-electron chi connectivity index (χ1n) is 3.87. The van der Waals surface area contributed by atoms with E-state index in [9.17, 15) is 4.79 Å². The van der Waals surface area contributed by atoms with Gasteiger partial charge in [-0.15, -0.1) is 22.7 Å². The highest BCUT2D eigenvalue weighted by atomic mass is 127. The van der Waals surface area contributed by atoms with Gasteiger partial charge < -0.3 is 0 Å². The summed E-state index contributed by atoms with van der Waals surface area (Å²) in [5.41, 5.74) is 0. The van der Waals surface area contributed by atoms with Gasteiger partial charge in [-0.3, -0.25) is 4.79 Å². The first kappa shape index (κ1) is 9.61. The van der Waals surface area contributed by atoms with Crippen molar-refractivity contribution in [3.8, 4) is 0 Å². The first-order chi connectivity index (χ1) is 6.31. The maximum atomic E-state index is 11.5. The molecule has 1 nitrogen and oxygen atoms in total. The van der Waals surface area contributed by atoms with Crippen molar-refractivity contribution in [2.24, 2.45) is 0 Å². The third-order valence-electron chi connectivity index (χ3n) is 1.74. The zero-order chi connectivity index (χ0) is 9.26. The molecule has 0 bridgehead atoms. The number of halogens is 1. The van der Waals surface area contributed by atoms with Crippen LogP contribution in [0.3, 0.4) is 0 Å². The summed E-state index contributed by atoms with van der Waals surface area (Å²) in [7, 11) is 0. The summed E-state index contributed by atoms with van der Waals surface area (Å²) in [5, 5.41) is 2.06. The van der Waals surface area contributed by atoms with Crippen molar-refractivity contribution in [1.29, 1.82) is 0 Å². The second kappa shape index (κ2) is 4.06. The highest BCUT2D eigenvalue weighted by Crippen LogP contribution is 2.30.